The monoisotopic (exact) mass is 475 g/mol. The molecule has 33 heavy (non-hydrogen) atoms. The smallest absolute Gasteiger partial charge is 0.394 e. The molecule has 0 heterocycles. The molecule has 0 bridgehead atoms. The van der Waals surface area contributed by atoms with Gasteiger partial charge in [-0.2, -0.15) is 26.3 Å². The van der Waals surface area contributed by atoms with Crippen LogP contribution < -0.4 is 5.73 Å². The van der Waals surface area contributed by atoms with Crippen LogP contribution in [0.1, 0.15) is 61.0 Å². The lowest BCUT2D eigenvalue weighted by Gasteiger charge is -2.44. The number of nitrogens with two attached hydrogens (primary N) is 1. The number of ether oxygens (including phenoxy) is 1. The average molecular weight is 475 g/mol. The van der Waals surface area contributed by atoms with Crippen molar-refractivity contribution in [2.45, 2.75) is 62.0 Å². The molecular formula is C24H27F6NO2. The highest BCUT2D eigenvalue weighted by Gasteiger charge is 2.42. The fourth-order valence-corrected chi connectivity index (χ4v) is 4.29. The predicted molar refractivity (Wildman–Crippen MR) is 111 cm³/mol. The summed E-state index contributed by atoms with van der Waals surface area (Å²) in [6, 6.07) is 10.9. The Hall–Kier alpha value is -2.10. The van der Waals surface area contributed by atoms with Gasteiger partial charge in [-0.1, -0.05) is 30.3 Å². The molecule has 0 saturated heterocycles. The molecule has 3 N–H and O–H groups in total. The number of aliphatic hydroxyl groups is 1. The SMILES string of the molecule is C[C@@H](OC[C@]1(c2ccccc2)CC[C@](N)(CO)CC1)c1cc(C(F)(F)F)cc(C(F)(F)F)c1. The van der Waals surface area contributed by atoms with Gasteiger partial charge in [0.1, 0.15) is 0 Å². The first kappa shape index (κ1) is 25.5. The van der Waals surface area contributed by atoms with Gasteiger partial charge >= 0.3 is 12.4 Å². The zero-order valence-electron chi connectivity index (χ0n) is 18.1. The topological polar surface area (TPSA) is 55.5 Å². The summed E-state index contributed by atoms with van der Waals surface area (Å²) >= 11 is 0. The van der Waals surface area contributed by atoms with Gasteiger partial charge in [-0.25, -0.2) is 0 Å². The normalized spacial score (nSPS) is 25.1. The summed E-state index contributed by atoms with van der Waals surface area (Å²) < 4.78 is 85.3. The molecule has 1 fully saturated rings. The second-order valence-corrected chi connectivity index (χ2v) is 8.96. The molecule has 2 aromatic rings. The molecule has 3 nitrogen and oxygen atoms in total. The van der Waals surface area contributed by atoms with Crippen molar-refractivity contribution in [1.82, 2.24) is 0 Å². The Balaban J connectivity index is 1.87. The van der Waals surface area contributed by atoms with E-state index in [1.807, 2.05) is 30.3 Å². The van der Waals surface area contributed by atoms with Crippen molar-refractivity contribution in [2.24, 2.45) is 5.73 Å². The van der Waals surface area contributed by atoms with Crippen LogP contribution in [0.3, 0.4) is 0 Å². The average Bonchev–Trinajstić information content (AvgIpc) is 2.78. The molecule has 9 heteroatoms. The number of alkyl halides is 6. The summed E-state index contributed by atoms with van der Waals surface area (Å²) in [6.07, 6.45) is -8.68. The highest BCUT2D eigenvalue weighted by Crippen LogP contribution is 2.44. The number of hydrogen-bond donors (Lipinski definition) is 2. The van der Waals surface area contributed by atoms with E-state index < -0.39 is 40.5 Å². The van der Waals surface area contributed by atoms with Gasteiger partial charge in [0.05, 0.1) is 30.4 Å². The second-order valence-electron chi connectivity index (χ2n) is 8.96. The summed E-state index contributed by atoms with van der Waals surface area (Å²) in [6.45, 7) is 1.37. The van der Waals surface area contributed by atoms with Gasteiger partial charge in [0, 0.05) is 11.0 Å². The van der Waals surface area contributed by atoms with Gasteiger partial charge < -0.3 is 15.6 Å². The van der Waals surface area contributed by atoms with Crippen LogP contribution in [0.2, 0.25) is 0 Å². The molecule has 1 saturated carbocycles. The molecule has 3 rings (SSSR count). The Morgan fingerprint density at radius 3 is 1.88 bits per heavy atom. The van der Waals surface area contributed by atoms with E-state index in [0.717, 1.165) is 5.56 Å². The van der Waals surface area contributed by atoms with E-state index in [1.165, 1.54) is 6.92 Å². The zero-order chi connectivity index (χ0) is 24.5. The molecule has 182 valence electrons. The first-order chi connectivity index (χ1) is 15.3. The van der Waals surface area contributed by atoms with E-state index in [1.54, 1.807) is 0 Å². The number of aliphatic hydroxyl groups excluding tert-OH is 1. The van der Waals surface area contributed by atoms with Crippen molar-refractivity contribution in [2.75, 3.05) is 13.2 Å². The van der Waals surface area contributed by atoms with Crippen LogP contribution >= 0.6 is 0 Å². The third-order valence-electron chi connectivity index (χ3n) is 6.59. The van der Waals surface area contributed by atoms with E-state index >= 15 is 0 Å². The highest BCUT2D eigenvalue weighted by molar-refractivity contribution is 5.35. The molecule has 0 amide bonds. The summed E-state index contributed by atoms with van der Waals surface area (Å²) in [5.74, 6) is 0. The Morgan fingerprint density at radius 2 is 1.42 bits per heavy atom. The van der Waals surface area contributed by atoms with Crippen molar-refractivity contribution in [1.29, 1.82) is 0 Å². The highest BCUT2D eigenvalue weighted by atomic mass is 19.4. The molecule has 0 aromatic heterocycles. The minimum absolute atomic E-state index is 0.0945. The number of benzene rings is 2. The van der Waals surface area contributed by atoms with Crippen molar-refractivity contribution in [3.63, 3.8) is 0 Å². The van der Waals surface area contributed by atoms with Gasteiger partial charge in [0.25, 0.3) is 0 Å². The molecule has 2 aromatic carbocycles. The van der Waals surface area contributed by atoms with Crippen molar-refractivity contribution in [3.8, 4) is 0 Å². The fourth-order valence-electron chi connectivity index (χ4n) is 4.29. The number of halogens is 6. The van der Waals surface area contributed by atoms with Crippen molar-refractivity contribution >= 4 is 0 Å². The summed E-state index contributed by atoms with van der Waals surface area (Å²) in [5, 5.41) is 9.60. The van der Waals surface area contributed by atoms with Crippen LogP contribution in [-0.2, 0) is 22.5 Å². The lowest BCUT2D eigenvalue weighted by Crippen LogP contribution is -2.51. The Labute approximate surface area is 188 Å². The second kappa shape index (κ2) is 9.27. The third-order valence-corrected chi connectivity index (χ3v) is 6.59. The Bertz CT molecular complexity index is 902. The van der Waals surface area contributed by atoms with Crippen LogP contribution in [0.5, 0.6) is 0 Å². The predicted octanol–water partition coefficient (Wildman–Crippen LogP) is 6.00. The van der Waals surface area contributed by atoms with E-state index in [9.17, 15) is 31.4 Å². The lowest BCUT2D eigenvalue weighted by atomic mass is 9.65. The van der Waals surface area contributed by atoms with E-state index in [-0.39, 0.29) is 24.8 Å². The van der Waals surface area contributed by atoms with Crippen LogP contribution in [0.4, 0.5) is 26.3 Å². The van der Waals surface area contributed by atoms with E-state index in [4.69, 9.17) is 10.5 Å². The molecule has 1 aliphatic carbocycles. The van der Waals surface area contributed by atoms with Crippen LogP contribution in [0, 0.1) is 0 Å². The number of hydrogen-bond acceptors (Lipinski definition) is 3. The molecule has 1 atom stereocenters. The van der Waals surface area contributed by atoms with Crippen LogP contribution in [0.15, 0.2) is 48.5 Å². The fraction of sp³-hybridized carbons (Fsp3) is 0.500. The molecule has 0 radical (unpaired) electrons. The molecular weight excluding hydrogens is 448 g/mol. The largest absolute Gasteiger partial charge is 0.416 e. The quantitative estimate of drug-likeness (QED) is 0.504. The first-order valence-electron chi connectivity index (χ1n) is 10.6. The van der Waals surface area contributed by atoms with Gasteiger partial charge in [0.2, 0.25) is 0 Å². The lowest BCUT2D eigenvalue weighted by molar-refractivity contribution is -0.143. The van der Waals surface area contributed by atoms with Crippen molar-refractivity contribution in [3.05, 3.63) is 70.8 Å². The maximum Gasteiger partial charge on any atom is 0.416 e. The minimum atomic E-state index is -4.92. The molecule has 0 unspecified atom stereocenters. The summed E-state index contributed by atoms with van der Waals surface area (Å²) in [7, 11) is 0. The van der Waals surface area contributed by atoms with E-state index in [2.05, 4.69) is 0 Å². The molecule has 0 spiro atoms. The first-order valence-corrected chi connectivity index (χ1v) is 10.6. The van der Waals surface area contributed by atoms with Crippen LogP contribution in [0.25, 0.3) is 0 Å². The van der Waals surface area contributed by atoms with Crippen LogP contribution in [-0.4, -0.2) is 23.9 Å². The number of rotatable bonds is 6. The summed E-state index contributed by atoms with van der Waals surface area (Å²) in [4.78, 5) is 0. The van der Waals surface area contributed by atoms with Crippen molar-refractivity contribution < 1.29 is 36.2 Å². The summed E-state index contributed by atoms with van der Waals surface area (Å²) in [5.41, 5.74) is 3.02. The maximum absolute atomic E-state index is 13.2. The van der Waals surface area contributed by atoms with Gasteiger partial charge in [-0.05, 0) is 61.9 Å². The van der Waals surface area contributed by atoms with Gasteiger partial charge in [-0.15, -0.1) is 0 Å². The Morgan fingerprint density at radius 1 is 0.909 bits per heavy atom. The standard InChI is InChI=1S/C24H27F6NO2/c1-16(17-11-19(23(25,26)27)13-20(12-17)24(28,29)30)33-15-21(18-5-3-2-4-6-18)7-9-22(31,14-32)10-8-21/h2-6,11-13,16,32H,7-10,14-15,31H2,1H3/t16-,21-,22+/m1/s1. The molecule has 0 aliphatic heterocycles. The zero-order valence-corrected chi connectivity index (χ0v) is 18.1. The maximum atomic E-state index is 13.2. The van der Waals surface area contributed by atoms with Gasteiger partial charge in [0.15, 0.2) is 0 Å². The Kier molecular flexibility index (Phi) is 7.17. The van der Waals surface area contributed by atoms with E-state index in [0.29, 0.717) is 37.8 Å². The third kappa shape index (κ3) is 5.88. The molecule has 1 aliphatic rings. The van der Waals surface area contributed by atoms with Gasteiger partial charge in [-0.3, -0.25) is 0 Å². The minimum Gasteiger partial charge on any atom is -0.394 e.